The van der Waals surface area contributed by atoms with E-state index in [9.17, 15) is 22.0 Å². The molecule has 1 atom stereocenters. The zero-order valence-electron chi connectivity index (χ0n) is 8.22. The lowest BCUT2D eigenvalue weighted by Crippen LogP contribution is -2.42. The van der Waals surface area contributed by atoms with Crippen molar-refractivity contribution in [3.63, 3.8) is 0 Å². The summed E-state index contributed by atoms with van der Waals surface area (Å²) < 4.78 is 62.6. The van der Waals surface area contributed by atoms with Gasteiger partial charge in [-0.25, -0.2) is 8.78 Å². The summed E-state index contributed by atoms with van der Waals surface area (Å²) in [6.45, 7) is 0.849. The first kappa shape index (κ1) is 12.8. The molecule has 90 valence electrons. The molecule has 0 saturated carbocycles. The fourth-order valence-corrected chi connectivity index (χ4v) is 1.21. The molecule has 16 heavy (non-hydrogen) atoms. The third kappa shape index (κ3) is 2.29. The van der Waals surface area contributed by atoms with Gasteiger partial charge in [-0.1, -0.05) is 0 Å². The van der Waals surface area contributed by atoms with Crippen molar-refractivity contribution in [2.45, 2.75) is 25.1 Å². The van der Waals surface area contributed by atoms with Gasteiger partial charge in [0.1, 0.15) is 5.54 Å². The van der Waals surface area contributed by atoms with Crippen LogP contribution in [0.4, 0.5) is 22.0 Å². The van der Waals surface area contributed by atoms with Crippen molar-refractivity contribution in [3.8, 4) is 0 Å². The zero-order valence-corrected chi connectivity index (χ0v) is 8.22. The Hall–Kier alpha value is -1.24. The van der Waals surface area contributed by atoms with Crippen molar-refractivity contribution >= 4 is 0 Å². The van der Waals surface area contributed by atoms with E-state index in [0.717, 1.165) is 19.2 Å². The van der Waals surface area contributed by atoms with Crippen LogP contribution < -0.4 is 5.73 Å². The zero-order chi connectivity index (χ0) is 12.6. The van der Waals surface area contributed by atoms with Crippen molar-refractivity contribution in [1.29, 1.82) is 0 Å². The summed E-state index contributed by atoms with van der Waals surface area (Å²) in [6.07, 6.45) is -6.36. The van der Waals surface area contributed by atoms with Crippen LogP contribution in [0.1, 0.15) is 18.1 Å². The van der Waals surface area contributed by atoms with E-state index in [-0.39, 0.29) is 0 Å². The molecule has 0 aliphatic heterocycles. The lowest BCUT2D eigenvalue weighted by molar-refractivity contribution is -0.139. The molecule has 0 amide bonds. The summed E-state index contributed by atoms with van der Waals surface area (Å²) in [5.41, 5.74) is 0.949. The van der Waals surface area contributed by atoms with Crippen molar-refractivity contribution in [2.24, 2.45) is 5.73 Å². The molecule has 0 fully saturated rings. The Kier molecular flexibility index (Phi) is 3.18. The molecule has 0 aliphatic carbocycles. The second-order valence-corrected chi connectivity index (χ2v) is 3.50. The molecule has 2 N–H and O–H groups in total. The molecular weight excluding hydrogens is 231 g/mol. The maximum atomic E-state index is 12.6. The van der Waals surface area contributed by atoms with Gasteiger partial charge in [-0.05, 0) is 18.6 Å². The first-order chi connectivity index (χ1) is 7.17. The quantitative estimate of drug-likeness (QED) is 0.807. The van der Waals surface area contributed by atoms with Gasteiger partial charge in [0, 0.05) is 12.4 Å². The molecule has 1 rings (SSSR count). The number of nitrogens with zero attached hydrogens (tertiary/aromatic N) is 1. The molecule has 1 unspecified atom stereocenters. The molecule has 1 aromatic rings. The van der Waals surface area contributed by atoms with Crippen molar-refractivity contribution in [2.75, 3.05) is 0 Å². The average Bonchev–Trinajstić information content (AvgIpc) is 2.16. The Balaban J connectivity index is 3.35. The standard InChI is InChI=1S/C9H9F5N2/c1-8(15,7(10)11)5-2-3-16-4-6(5)9(12,13)14/h2-4,7H,15H2,1H3. The summed E-state index contributed by atoms with van der Waals surface area (Å²) in [5, 5.41) is 0. The first-order valence-electron chi connectivity index (χ1n) is 4.26. The molecule has 0 saturated heterocycles. The van der Waals surface area contributed by atoms with E-state index in [2.05, 4.69) is 4.98 Å². The highest BCUT2D eigenvalue weighted by molar-refractivity contribution is 5.33. The van der Waals surface area contributed by atoms with Crippen molar-refractivity contribution < 1.29 is 22.0 Å². The van der Waals surface area contributed by atoms with Gasteiger partial charge in [0.05, 0.1) is 5.56 Å². The SMILES string of the molecule is CC(N)(c1ccncc1C(F)(F)F)C(F)F. The lowest BCUT2D eigenvalue weighted by atomic mass is 9.90. The molecule has 0 spiro atoms. The van der Waals surface area contributed by atoms with Crippen molar-refractivity contribution in [3.05, 3.63) is 29.6 Å². The summed E-state index contributed by atoms with van der Waals surface area (Å²) in [5.74, 6) is 0. The predicted octanol–water partition coefficient (Wildman–Crippen LogP) is 2.54. The predicted molar refractivity (Wildman–Crippen MR) is 46.8 cm³/mol. The highest BCUT2D eigenvalue weighted by Crippen LogP contribution is 2.37. The normalized spacial score (nSPS) is 16.2. The van der Waals surface area contributed by atoms with E-state index in [1.54, 1.807) is 0 Å². The smallest absolute Gasteiger partial charge is 0.317 e. The largest absolute Gasteiger partial charge is 0.418 e. The Bertz CT molecular complexity index is 372. The van der Waals surface area contributed by atoms with Crippen molar-refractivity contribution in [1.82, 2.24) is 4.98 Å². The molecule has 0 aliphatic rings. The van der Waals surface area contributed by atoms with E-state index in [1.165, 1.54) is 0 Å². The van der Waals surface area contributed by atoms with E-state index < -0.39 is 29.3 Å². The highest BCUT2D eigenvalue weighted by Gasteiger charge is 2.42. The van der Waals surface area contributed by atoms with Crippen LogP contribution >= 0.6 is 0 Å². The van der Waals surface area contributed by atoms with Crippen LogP contribution in [0.25, 0.3) is 0 Å². The van der Waals surface area contributed by atoms with Gasteiger partial charge < -0.3 is 5.73 Å². The summed E-state index contributed by atoms with van der Waals surface area (Å²) in [4.78, 5) is 3.26. The average molecular weight is 240 g/mol. The number of hydrogen-bond donors (Lipinski definition) is 1. The Morgan fingerprint density at radius 1 is 1.25 bits per heavy atom. The van der Waals surface area contributed by atoms with E-state index in [0.29, 0.717) is 6.20 Å². The summed E-state index contributed by atoms with van der Waals surface area (Å²) in [7, 11) is 0. The maximum Gasteiger partial charge on any atom is 0.418 e. The monoisotopic (exact) mass is 240 g/mol. The topological polar surface area (TPSA) is 38.9 Å². The van der Waals surface area contributed by atoms with E-state index in [4.69, 9.17) is 5.73 Å². The number of rotatable bonds is 2. The minimum atomic E-state index is -4.75. The minimum absolute atomic E-state index is 0.489. The van der Waals surface area contributed by atoms with E-state index >= 15 is 0 Å². The fourth-order valence-electron chi connectivity index (χ4n) is 1.21. The fraction of sp³-hybridized carbons (Fsp3) is 0.444. The highest BCUT2D eigenvalue weighted by atomic mass is 19.4. The van der Waals surface area contributed by atoms with Crippen LogP contribution in [0.5, 0.6) is 0 Å². The Morgan fingerprint density at radius 2 is 1.81 bits per heavy atom. The number of halogens is 5. The van der Waals surface area contributed by atoms with Crippen LogP contribution in [0.15, 0.2) is 18.5 Å². The molecule has 0 aromatic carbocycles. The van der Waals surface area contributed by atoms with E-state index in [1.807, 2.05) is 0 Å². The van der Waals surface area contributed by atoms with Gasteiger partial charge in [0.15, 0.2) is 0 Å². The van der Waals surface area contributed by atoms with Crippen LogP contribution in [0.3, 0.4) is 0 Å². The molecule has 2 nitrogen and oxygen atoms in total. The molecule has 1 heterocycles. The minimum Gasteiger partial charge on any atom is -0.317 e. The summed E-state index contributed by atoms with van der Waals surface area (Å²) >= 11 is 0. The second-order valence-electron chi connectivity index (χ2n) is 3.50. The molecule has 0 radical (unpaired) electrons. The molecule has 7 heteroatoms. The van der Waals surface area contributed by atoms with Gasteiger partial charge in [-0.3, -0.25) is 4.98 Å². The van der Waals surface area contributed by atoms with Gasteiger partial charge in [-0.15, -0.1) is 0 Å². The lowest BCUT2D eigenvalue weighted by Gasteiger charge is -2.26. The molecule has 1 aromatic heterocycles. The third-order valence-corrected chi connectivity index (χ3v) is 2.16. The number of nitrogens with two attached hydrogens (primary N) is 1. The Morgan fingerprint density at radius 3 is 2.25 bits per heavy atom. The summed E-state index contributed by atoms with van der Waals surface area (Å²) in [6, 6.07) is 0.856. The van der Waals surface area contributed by atoms with Crippen LogP contribution in [0.2, 0.25) is 0 Å². The molecule has 0 bridgehead atoms. The molecular formula is C9H9F5N2. The second kappa shape index (κ2) is 3.97. The number of pyridine rings is 1. The van der Waals surface area contributed by atoms with Gasteiger partial charge in [0.2, 0.25) is 0 Å². The van der Waals surface area contributed by atoms with Gasteiger partial charge >= 0.3 is 6.18 Å². The first-order valence-corrected chi connectivity index (χ1v) is 4.26. The number of alkyl halides is 5. The van der Waals surface area contributed by atoms with Crippen LogP contribution in [-0.4, -0.2) is 11.4 Å². The Labute approximate surface area is 88.3 Å². The van der Waals surface area contributed by atoms with Gasteiger partial charge in [-0.2, -0.15) is 13.2 Å². The maximum absolute atomic E-state index is 12.6. The van der Waals surface area contributed by atoms with Crippen LogP contribution in [-0.2, 0) is 11.7 Å². The third-order valence-electron chi connectivity index (χ3n) is 2.16. The van der Waals surface area contributed by atoms with Gasteiger partial charge in [0.25, 0.3) is 6.43 Å². The van der Waals surface area contributed by atoms with Crippen LogP contribution in [0, 0.1) is 0 Å². The number of aromatic nitrogens is 1. The number of hydrogen-bond acceptors (Lipinski definition) is 2.